The highest BCUT2D eigenvalue weighted by atomic mass is 16.1. The molecule has 21 heavy (non-hydrogen) atoms. The minimum atomic E-state index is -0.000642. The number of benzene rings is 2. The van der Waals surface area contributed by atoms with Crippen molar-refractivity contribution >= 4 is 16.7 Å². The summed E-state index contributed by atoms with van der Waals surface area (Å²) in [6, 6.07) is 17.8. The molecule has 0 unspecified atom stereocenters. The smallest absolute Gasteiger partial charge is 0.251 e. The molecule has 0 aliphatic carbocycles. The van der Waals surface area contributed by atoms with Gasteiger partial charge in [0, 0.05) is 31.0 Å². The molecule has 0 radical (unpaired) electrons. The summed E-state index contributed by atoms with van der Waals surface area (Å²) in [7, 11) is 0. The van der Waals surface area contributed by atoms with Gasteiger partial charge >= 0.3 is 0 Å². The van der Waals surface area contributed by atoms with Crippen LogP contribution in [0.3, 0.4) is 0 Å². The van der Waals surface area contributed by atoms with Gasteiger partial charge in [-0.05, 0) is 35.4 Å². The summed E-state index contributed by atoms with van der Waals surface area (Å²) in [4.78, 5) is 12.3. The van der Waals surface area contributed by atoms with Gasteiger partial charge in [-0.1, -0.05) is 36.4 Å². The van der Waals surface area contributed by atoms with Crippen molar-refractivity contribution in [3.8, 4) is 0 Å². The lowest BCUT2D eigenvalue weighted by Gasteiger charge is -2.08. The van der Waals surface area contributed by atoms with Crippen molar-refractivity contribution in [3.63, 3.8) is 0 Å². The Morgan fingerprint density at radius 2 is 1.71 bits per heavy atom. The first kappa shape index (κ1) is 13.4. The predicted octanol–water partition coefficient (Wildman–Crippen LogP) is 3.46. The zero-order valence-electron chi connectivity index (χ0n) is 11.8. The fourth-order valence-electron chi connectivity index (χ4n) is 2.50. The number of nitrogens with zero attached hydrogens (tertiary/aromatic N) is 1. The fraction of sp³-hybridized carbons (Fsp3) is 0.167. The quantitative estimate of drug-likeness (QED) is 0.712. The highest BCUT2D eigenvalue weighted by Gasteiger charge is 2.08. The average Bonchev–Trinajstić information content (AvgIpc) is 3.04. The number of aromatic nitrogens is 1. The molecule has 1 aromatic heterocycles. The fourth-order valence-corrected chi connectivity index (χ4v) is 2.50. The van der Waals surface area contributed by atoms with Crippen LogP contribution in [0.5, 0.6) is 0 Å². The summed E-state index contributed by atoms with van der Waals surface area (Å²) in [6.45, 7) is 1.60. The summed E-state index contributed by atoms with van der Waals surface area (Å²) >= 11 is 0. The van der Waals surface area contributed by atoms with E-state index < -0.39 is 0 Å². The third kappa shape index (κ3) is 3.14. The van der Waals surface area contributed by atoms with E-state index in [1.54, 1.807) is 0 Å². The molecule has 106 valence electrons. The van der Waals surface area contributed by atoms with Crippen LogP contribution in [0.15, 0.2) is 67.0 Å². The van der Waals surface area contributed by atoms with E-state index in [1.165, 1.54) is 0 Å². The molecule has 1 amide bonds. The number of carbonyl (C=O) groups is 1. The van der Waals surface area contributed by atoms with Crippen molar-refractivity contribution in [2.45, 2.75) is 13.0 Å². The van der Waals surface area contributed by atoms with Crippen LogP contribution in [-0.2, 0) is 6.54 Å². The van der Waals surface area contributed by atoms with Crippen molar-refractivity contribution in [2.75, 3.05) is 6.54 Å². The number of fused-ring (bicyclic) bond motifs is 1. The first-order valence-corrected chi connectivity index (χ1v) is 7.21. The van der Waals surface area contributed by atoms with Gasteiger partial charge in [0.2, 0.25) is 0 Å². The van der Waals surface area contributed by atoms with Crippen LogP contribution in [0.2, 0.25) is 0 Å². The summed E-state index contributed by atoms with van der Waals surface area (Å²) in [5.74, 6) is -0.000642. The van der Waals surface area contributed by atoms with Gasteiger partial charge in [-0.25, -0.2) is 0 Å². The van der Waals surface area contributed by atoms with Crippen LogP contribution in [-0.4, -0.2) is 17.0 Å². The third-order valence-corrected chi connectivity index (χ3v) is 3.58. The Balaban J connectivity index is 1.62. The van der Waals surface area contributed by atoms with Gasteiger partial charge < -0.3 is 9.88 Å². The monoisotopic (exact) mass is 278 g/mol. The van der Waals surface area contributed by atoms with E-state index in [1.807, 2.05) is 67.0 Å². The predicted molar refractivity (Wildman–Crippen MR) is 85.3 cm³/mol. The Labute approximate surface area is 124 Å². The van der Waals surface area contributed by atoms with Gasteiger partial charge in [0.25, 0.3) is 5.91 Å². The third-order valence-electron chi connectivity index (χ3n) is 3.58. The zero-order valence-corrected chi connectivity index (χ0v) is 11.8. The Bertz CT molecular complexity index is 727. The molecule has 2 aromatic carbocycles. The highest BCUT2D eigenvalue weighted by molar-refractivity contribution is 6.06. The van der Waals surface area contributed by atoms with Gasteiger partial charge in [-0.3, -0.25) is 4.79 Å². The van der Waals surface area contributed by atoms with Crippen LogP contribution < -0.4 is 5.32 Å². The summed E-state index contributed by atoms with van der Waals surface area (Å²) in [6.07, 6.45) is 4.99. The first-order valence-electron chi connectivity index (χ1n) is 7.21. The van der Waals surface area contributed by atoms with Gasteiger partial charge in [-0.15, -0.1) is 0 Å². The molecule has 1 N–H and O–H groups in total. The molecular formula is C18H18N2O. The molecule has 1 heterocycles. The van der Waals surface area contributed by atoms with Crippen LogP contribution >= 0.6 is 0 Å². The van der Waals surface area contributed by atoms with Crippen molar-refractivity contribution < 1.29 is 4.79 Å². The molecule has 0 atom stereocenters. The van der Waals surface area contributed by atoms with Crippen molar-refractivity contribution in [3.05, 3.63) is 72.6 Å². The van der Waals surface area contributed by atoms with E-state index >= 15 is 0 Å². The van der Waals surface area contributed by atoms with E-state index in [-0.39, 0.29) is 5.91 Å². The summed E-state index contributed by atoms with van der Waals surface area (Å²) in [5.41, 5.74) is 0.745. The molecule has 0 aliphatic heterocycles. The SMILES string of the molecule is O=C(NCCCn1cccc1)c1cccc2ccccc12. The van der Waals surface area contributed by atoms with Gasteiger partial charge in [0.05, 0.1) is 0 Å². The van der Waals surface area contributed by atoms with Crippen LogP contribution in [0.4, 0.5) is 0 Å². The molecule has 3 nitrogen and oxygen atoms in total. The second-order valence-corrected chi connectivity index (χ2v) is 5.06. The van der Waals surface area contributed by atoms with Crippen LogP contribution in [0, 0.1) is 0 Å². The topological polar surface area (TPSA) is 34.0 Å². The second kappa shape index (κ2) is 6.27. The van der Waals surface area contributed by atoms with Crippen LogP contribution in [0.1, 0.15) is 16.8 Å². The maximum Gasteiger partial charge on any atom is 0.251 e. The maximum absolute atomic E-state index is 12.3. The number of nitrogens with one attached hydrogen (secondary N) is 1. The average molecular weight is 278 g/mol. The normalized spacial score (nSPS) is 10.7. The zero-order chi connectivity index (χ0) is 14.5. The molecule has 0 fully saturated rings. The van der Waals surface area contributed by atoms with E-state index in [0.29, 0.717) is 6.54 Å². The Kier molecular flexibility index (Phi) is 4.01. The molecule has 3 heteroatoms. The maximum atomic E-state index is 12.3. The number of carbonyl (C=O) groups excluding carboxylic acids is 1. The van der Waals surface area contributed by atoms with Crippen LogP contribution in [0.25, 0.3) is 10.8 Å². The van der Waals surface area contributed by atoms with Gasteiger partial charge in [0.15, 0.2) is 0 Å². The van der Waals surface area contributed by atoms with Crippen molar-refractivity contribution in [1.29, 1.82) is 0 Å². The summed E-state index contributed by atoms with van der Waals surface area (Å²) in [5, 5.41) is 5.10. The number of hydrogen-bond donors (Lipinski definition) is 1. The number of hydrogen-bond acceptors (Lipinski definition) is 1. The lowest BCUT2D eigenvalue weighted by Crippen LogP contribution is -2.25. The summed E-state index contributed by atoms with van der Waals surface area (Å²) < 4.78 is 2.12. The number of aryl methyl sites for hydroxylation is 1. The minimum absolute atomic E-state index is 0.000642. The molecule has 0 spiro atoms. The van der Waals surface area contributed by atoms with E-state index in [2.05, 4.69) is 9.88 Å². The molecule has 3 rings (SSSR count). The van der Waals surface area contributed by atoms with E-state index in [9.17, 15) is 4.79 Å². The molecule has 0 aliphatic rings. The Hall–Kier alpha value is -2.55. The Morgan fingerprint density at radius 3 is 2.57 bits per heavy atom. The van der Waals surface area contributed by atoms with Crippen molar-refractivity contribution in [1.82, 2.24) is 9.88 Å². The van der Waals surface area contributed by atoms with Gasteiger partial charge in [0.1, 0.15) is 0 Å². The molecule has 0 saturated carbocycles. The van der Waals surface area contributed by atoms with E-state index in [4.69, 9.17) is 0 Å². The van der Waals surface area contributed by atoms with Gasteiger partial charge in [-0.2, -0.15) is 0 Å². The molecular weight excluding hydrogens is 260 g/mol. The largest absolute Gasteiger partial charge is 0.354 e. The Morgan fingerprint density at radius 1 is 0.952 bits per heavy atom. The lowest BCUT2D eigenvalue weighted by molar-refractivity contribution is 0.0954. The molecule has 0 saturated heterocycles. The van der Waals surface area contributed by atoms with Crippen molar-refractivity contribution in [2.24, 2.45) is 0 Å². The second-order valence-electron chi connectivity index (χ2n) is 5.06. The highest BCUT2D eigenvalue weighted by Crippen LogP contribution is 2.18. The molecule has 3 aromatic rings. The number of amides is 1. The first-order chi connectivity index (χ1) is 10.3. The number of rotatable bonds is 5. The molecule has 0 bridgehead atoms. The standard InChI is InChI=1S/C18H18N2O/c21-18(19-11-6-14-20-12-3-4-13-20)17-10-5-8-15-7-1-2-9-16(15)17/h1-5,7-10,12-13H,6,11,14H2,(H,19,21). The minimum Gasteiger partial charge on any atom is -0.354 e. The van der Waals surface area contributed by atoms with E-state index in [0.717, 1.165) is 29.3 Å². The lowest BCUT2D eigenvalue weighted by atomic mass is 10.0.